The third-order valence-corrected chi connectivity index (χ3v) is 6.36. The van der Waals surface area contributed by atoms with Crippen molar-refractivity contribution in [3.05, 3.63) is 66.4 Å². The number of rotatable bonds is 11. The van der Waals surface area contributed by atoms with E-state index in [2.05, 4.69) is 21.1 Å². The van der Waals surface area contributed by atoms with Gasteiger partial charge in [-0.3, -0.25) is 14.4 Å². The number of benzene rings is 2. The molecular formula is C29H33N5O10. The van der Waals surface area contributed by atoms with Crippen LogP contribution in [-0.4, -0.2) is 76.7 Å². The van der Waals surface area contributed by atoms with Gasteiger partial charge < -0.3 is 29.0 Å². The Kier molecular flexibility index (Phi) is 10.8. The number of hydrogen-bond donors (Lipinski definition) is 2. The smallest absolute Gasteiger partial charge is 0.431 e. The van der Waals surface area contributed by atoms with E-state index in [1.54, 1.807) is 55.8 Å². The van der Waals surface area contributed by atoms with E-state index in [1.165, 1.54) is 18.5 Å². The Balaban J connectivity index is 1.57. The zero-order valence-electron chi connectivity index (χ0n) is 24.5. The SMILES string of the molecule is COc1cccc(-c2cn(CC3OC(ONC(=O)OCc4ccccc4)C(NC(C)=O)C(OC(C)=O)C3OC(C)=O)nn2)c1. The van der Waals surface area contributed by atoms with Crippen molar-refractivity contribution in [2.75, 3.05) is 7.11 Å². The van der Waals surface area contributed by atoms with Gasteiger partial charge in [0, 0.05) is 26.3 Å². The summed E-state index contributed by atoms with van der Waals surface area (Å²) in [6.07, 6.45) is -4.29. The predicted octanol–water partition coefficient (Wildman–Crippen LogP) is 1.90. The molecule has 0 aliphatic carbocycles. The van der Waals surface area contributed by atoms with Gasteiger partial charge in [-0.05, 0) is 17.7 Å². The van der Waals surface area contributed by atoms with Gasteiger partial charge in [0.1, 0.15) is 30.2 Å². The van der Waals surface area contributed by atoms with E-state index in [4.69, 9.17) is 28.5 Å². The summed E-state index contributed by atoms with van der Waals surface area (Å²) in [5, 5.41) is 11.0. The number of carbonyl (C=O) groups is 4. The normalized spacial score (nSPS) is 21.0. The van der Waals surface area contributed by atoms with Gasteiger partial charge >= 0.3 is 18.0 Å². The molecule has 2 heterocycles. The highest BCUT2D eigenvalue weighted by Gasteiger charge is 2.51. The molecule has 1 aliphatic rings. The lowest BCUT2D eigenvalue weighted by atomic mass is 9.95. The Bertz CT molecular complexity index is 1450. The standard InChI is InChI=1S/C29H33N5O10/c1-17(35)30-25-27(42-19(3)37)26(41-18(2)36)24(15-34-14-23(31-33-34)21-11-8-12-22(13-21)39-4)43-28(25)44-32-29(38)40-16-20-9-6-5-7-10-20/h5-14,24-28H,15-16H2,1-4H3,(H,30,35)(H,32,38). The largest absolute Gasteiger partial charge is 0.497 e. The fourth-order valence-corrected chi connectivity index (χ4v) is 4.55. The van der Waals surface area contributed by atoms with Crippen LogP contribution in [0, 0.1) is 0 Å². The van der Waals surface area contributed by atoms with Gasteiger partial charge in [-0.1, -0.05) is 47.7 Å². The number of nitrogens with one attached hydrogen (secondary N) is 2. The molecule has 0 radical (unpaired) electrons. The van der Waals surface area contributed by atoms with E-state index in [0.29, 0.717) is 11.4 Å². The highest BCUT2D eigenvalue weighted by atomic mass is 16.8. The lowest BCUT2D eigenvalue weighted by Gasteiger charge is -2.44. The third-order valence-electron chi connectivity index (χ3n) is 6.36. The molecule has 5 atom stereocenters. The Hall–Kier alpha value is -5.02. The summed E-state index contributed by atoms with van der Waals surface area (Å²) in [5.41, 5.74) is 4.14. The molecule has 1 aliphatic heterocycles. The molecule has 3 aromatic rings. The number of hydroxylamine groups is 1. The molecule has 1 fully saturated rings. The Morgan fingerprint density at radius 1 is 0.955 bits per heavy atom. The van der Waals surface area contributed by atoms with E-state index < -0.39 is 54.6 Å². The maximum atomic E-state index is 12.4. The molecular weight excluding hydrogens is 578 g/mol. The summed E-state index contributed by atoms with van der Waals surface area (Å²) in [4.78, 5) is 54.4. The van der Waals surface area contributed by atoms with E-state index in [0.717, 1.165) is 18.1 Å². The average molecular weight is 612 g/mol. The molecule has 0 spiro atoms. The average Bonchev–Trinajstić information content (AvgIpc) is 3.46. The first-order valence-electron chi connectivity index (χ1n) is 13.6. The zero-order chi connectivity index (χ0) is 31.6. The van der Waals surface area contributed by atoms with Gasteiger partial charge in [0.15, 0.2) is 12.2 Å². The second-order valence-corrected chi connectivity index (χ2v) is 9.76. The second-order valence-electron chi connectivity index (χ2n) is 9.76. The molecule has 44 heavy (non-hydrogen) atoms. The molecule has 4 rings (SSSR count). The van der Waals surface area contributed by atoms with Gasteiger partial charge in [0.2, 0.25) is 12.2 Å². The molecule has 5 unspecified atom stereocenters. The minimum atomic E-state index is -1.43. The van der Waals surface area contributed by atoms with Gasteiger partial charge in [0.05, 0.1) is 19.9 Å². The number of amides is 2. The Morgan fingerprint density at radius 2 is 1.68 bits per heavy atom. The van der Waals surface area contributed by atoms with Gasteiger partial charge in [-0.25, -0.2) is 14.3 Å². The highest BCUT2D eigenvalue weighted by molar-refractivity contribution is 5.73. The molecule has 15 heteroatoms. The van der Waals surface area contributed by atoms with Crippen LogP contribution in [0.2, 0.25) is 0 Å². The van der Waals surface area contributed by atoms with E-state index in [1.807, 2.05) is 12.1 Å². The predicted molar refractivity (Wildman–Crippen MR) is 150 cm³/mol. The summed E-state index contributed by atoms with van der Waals surface area (Å²) in [7, 11) is 1.55. The van der Waals surface area contributed by atoms with Gasteiger partial charge in [-0.2, -0.15) is 5.48 Å². The number of hydrogen-bond acceptors (Lipinski definition) is 12. The maximum Gasteiger partial charge on any atom is 0.431 e. The summed E-state index contributed by atoms with van der Waals surface area (Å²) < 4.78 is 29.1. The lowest BCUT2D eigenvalue weighted by molar-refractivity contribution is -0.285. The topological polar surface area (TPSA) is 178 Å². The van der Waals surface area contributed by atoms with Crippen molar-refractivity contribution in [1.82, 2.24) is 25.8 Å². The van der Waals surface area contributed by atoms with Crippen LogP contribution < -0.4 is 15.5 Å². The van der Waals surface area contributed by atoms with Crippen LogP contribution in [0.1, 0.15) is 26.3 Å². The van der Waals surface area contributed by atoms with E-state index in [-0.39, 0.29) is 13.2 Å². The fourth-order valence-electron chi connectivity index (χ4n) is 4.55. The van der Waals surface area contributed by atoms with Crippen molar-refractivity contribution in [2.45, 2.75) is 64.6 Å². The molecule has 1 aromatic heterocycles. The maximum absolute atomic E-state index is 12.4. The molecule has 0 bridgehead atoms. The highest BCUT2D eigenvalue weighted by Crippen LogP contribution is 2.29. The van der Waals surface area contributed by atoms with Crippen molar-refractivity contribution >= 4 is 23.9 Å². The molecule has 0 saturated carbocycles. The molecule has 1 saturated heterocycles. The van der Waals surface area contributed by atoms with Crippen LogP contribution >= 0.6 is 0 Å². The van der Waals surface area contributed by atoms with Crippen molar-refractivity contribution in [1.29, 1.82) is 0 Å². The van der Waals surface area contributed by atoms with Crippen molar-refractivity contribution in [3.8, 4) is 17.0 Å². The quantitative estimate of drug-likeness (QED) is 0.183. The number of nitrogens with zero attached hydrogens (tertiary/aromatic N) is 3. The van der Waals surface area contributed by atoms with Crippen LogP contribution in [0.25, 0.3) is 11.3 Å². The first-order valence-corrected chi connectivity index (χ1v) is 13.6. The van der Waals surface area contributed by atoms with Gasteiger partial charge in [0.25, 0.3) is 0 Å². The van der Waals surface area contributed by atoms with E-state index >= 15 is 0 Å². The first kappa shape index (κ1) is 31.9. The van der Waals surface area contributed by atoms with Gasteiger partial charge in [-0.15, -0.1) is 5.10 Å². The molecule has 2 N–H and O–H groups in total. The Morgan fingerprint density at radius 3 is 2.36 bits per heavy atom. The minimum absolute atomic E-state index is 0.0359. The van der Waals surface area contributed by atoms with Crippen molar-refractivity contribution in [3.63, 3.8) is 0 Å². The van der Waals surface area contributed by atoms with Crippen LogP contribution in [0.4, 0.5) is 4.79 Å². The van der Waals surface area contributed by atoms with Crippen LogP contribution in [0.15, 0.2) is 60.8 Å². The number of ether oxygens (including phenoxy) is 5. The molecule has 15 nitrogen and oxygen atoms in total. The summed E-state index contributed by atoms with van der Waals surface area (Å²) in [5.74, 6) is -1.32. The number of esters is 2. The molecule has 2 aromatic carbocycles. The third kappa shape index (κ3) is 8.75. The monoisotopic (exact) mass is 611 g/mol. The zero-order valence-corrected chi connectivity index (χ0v) is 24.5. The molecule has 2 amide bonds. The fraction of sp³-hybridized carbons (Fsp3) is 0.379. The van der Waals surface area contributed by atoms with Crippen LogP contribution in [0.3, 0.4) is 0 Å². The number of carbonyl (C=O) groups excluding carboxylic acids is 4. The number of aromatic nitrogens is 3. The summed E-state index contributed by atoms with van der Waals surface area (Å²) >= 11 is 0. The van der Waals surface area contributed by atoms with Crippen LogP contribution in [0.5, 0.6) is 5.75 Å². The van der Waals surface area contributed by atoms with E-state index in [9.17, 15) is 19.2 Å². The second kappa shape index (κ2) is 14.9. The summed E-state index contributed by atoms with van der Waals surface area (Å²) in [6, 6.07) is 15.0. The summed E-state index contributed by atoms with van der Waals surface area (Å²) in [6.45, 7) is 3.47. The first-order chi connectivity index (χ1) is 21.1. The molecule has 234 valence electrons. The number of methoxy groups -OCH3 is 1. The van der Waals surface area contributed by atoms with Crippen LogP contribution in [-0.2, 0) is 51.3 Å². The lowest BCUT2D eigenvalue weighted by Crippen LogP contribution is -2.67. The minimum Gasteiger partial charge on any atom is -0.497 e. The Labute approximate surface area is 252 Å². The van der Waals surface area contributed by atoms with Crippen molar-refractivity contribution < 1.29 is 47.7 Å². The van der Waals surface area contributed by atoms with Crippen molar-refractivity contribution in [2.24, 2.45) is 0 Å².